The van der Waals surface area contributed by atoms with Crippen LogP contribution in [-0.2, 0) is 9.53 Å². The third kappa shape index (κ3) is 4.70. The molecule has 0 radical (unpaired) electrons. The van der Waals surface area contributed by atoms with Crippen LogP contribution in [0.1, 0.15) is 27.2 Å². The Morgan fingerprint density at radius 3 is 2.62 bits per heavy atom. The molecule has 0 aliphatic rings. The lowest BCUT2D eigenvalue weighted by molar-refractivity contribution is -0.150. The van der Waals surface area contributed by atoms with Crippen molar-refractivity contribution in [2.45, 2.75) is 32.7 Å². The zero-order valence-electron chi connectivity index (χ0n) is 13.3. The van der Waals surface area contributed by atoms with E-state index >= 15 is 0 Å². The Bertz CT molecular complexity index is 467. The maximum atomic E-state index is 13.7. The summed E-state index contributed by atoms with van der Waals surface area (Å²) in [5.74, 6) is -0.532. The van der Waals surface area contributed by atoms with Gasteiger partial charge in [0.15, 0.2) is 0 Å². The molecule has 118 valence electrons. The second kappa shape index (κ2) is 7.98. The quantitative estimate of drug-likeness (QED) is 0.749. The molecular weight excluding hydrogens is 271 g/mol. The van der Waals surface area contributed by atoms with Gasteiger partial charge >= 0.3 is 5.97 Å². The number of halogens is 1. The summed E-state index contributed by atoms with van der Waals surface area (Å²) in [6, 6.07) is 6.61. The molecule has 0 bridgehead atoms. The Hall–Kier alpha value is -1.62. The number of nitrogens with zero attached hydrogens (tertiary/aromatic N) is 1. The molecule has 0 aliphatic carbocycles. The normalized spacial score (nSPS) is 13.6. The van der Waals surface area contributed by atoms with Crippen LogP contribution in [0.15, 0.2) is 24.3 Å². The first kappa shape index (κ1) is 17.4. The first-order valence-corrected chi connectivity index (χ1v) is 7.32. The summed E-state index contributed by atoms with van der Waals surface area (Å²) in [6.45, 7) is 7.11. The van der Waals surface area contributed by atoms with Gasteiger partial charge < -0.3 is 15.0 Å². The van der Waals surface area contributed by atoms with E-state index in [1.165, 1.54) is 6.07 Å². The summed E-state index contributed by atoms with van der Waals surface area (Å²) in [6.07, 6.45) is 0.532. The minimum Gasteiger partial charge on any atom is -0.465 e. The van der Waals surface area contributed by atoms with Gasteiger partial charge in [0.25, 0.3) is 0 Å². The average Bonchev–Trinajstić information content (AvgIpc) is 2.46. The summed E-state index contributed by atoms with van der Waals surface area (Å²) in [7, 11) is 1.82. The van der Waals surface area contributed by atoms with Gasteiger partial charge in [-0.25, -0.2) is 4.39 Å². The van der Waals surface area contributed by atoms with Crippen LogP contribution in [0.5, 0.6) is 0 Å². The van der Waals surface area contributed by atoms with Gasteiger partial charge in [0, 0.05) is 13.6 Å². The van der Waals surface area contributed by atoms with Crippen LogP contribution in [0.3, 0.4) is 0 Å². The molecule has 1 atom stereocenters. The van der Waals surface area contributed by atoms with Gasteiger partial charge in [-0.15, -0.1) is 0 Å². The number of hydrogen-bond acceptors (Lipinski definition) is 4. The van der Waals surface area contributed by atoms with Crippen LogP contribution in [0.4, 0.5) is 10.1 Å². The number of hydrogen-bond donors (Lipinski definition) is 1. The molecule has 1 aromatic rings. The fourth-order valence-corrected chi connectivity index (χ4v) is 2.22. The Balaban J connectivity index is 2.73. The number of nitrogens with one attached hydrogen (secondary N) is 1. The third-order valence-electron chi connectivity index (χ3n) is 3.50. The van der Waals surface area contributed by atoms with Crippen molar-refractivity contribution >= 4 is 11.7 Å². The number of para-hydroxylation sites is 1. The molecular formula is C16H25FN2O2. The molecule has 0 fully saturated rings. The highest BCUT2D eigenvalue weighted by atomic mass is 19.1. The van der Waals surface area contributed by atoms with Crippen molar-refractivity contribution in [3.63, 3.8) is 0 Å². The predicted molar refractivity (Wildman–Crippen MR) is 83.0 cm³/mol. The molecule has 1 rings (SSSR count). The highest BCUT2D eigenvalue weighted by Gasteiger charge is 2.33. The van der Waals surface area contributed by atoms with Gasteiger partial charge in [0.1, 0.15) is 11.4 Å². The second-order valence-electron chi connectivity index (χ2n) is 5.21. The molecule has 0 saturated carbocycles. The van der Waals surface area contributed by atoms with Crippen molar-refractivity contribution in [3.05, 3.63) is 30.1 Å². The maximum Gasteiger partial charge on any atom is 0.326 e. The number of carbonyl (C=O) groups is 1. The summed E-state index contributed by atoms with van der Waals surface area (Å²) in [5.41, 5.74) is -0.232. The van der Waals surface area contributed by atoms with Gasteiger partial charge in [-0.1, -0.05) is 19.1 Å². The molecule has 21 heavy (non-hydrogen) atoms. The fraction of sp³-hybridized carbons (Fsp3) is 0.562. The van der Waals surface area contributed by atoms with Gasteiger partial charge in [0.2, 0.25) is 0 Å². The van der Waals surface area contributed by atoms with E-state index in [0.29, 0.717) is 31.8 Å². The summed E-state index contributed by atoms with van der Waals surface area (Å²) in [4.78, 5) is 13.9. The van der Waals surface area contributed by atoms with Crippen molar-refractivity contribution in [3.8, 4) is 0 Å². The van der Waals surface area contributed by atoms with Crippen molar-refractivity contribution in [1.82, 2.24) is 5.32 Å². The molecule has 4 nitrogen and oxygen atoms in total. The van der Waals surface area contributed by atoms with E-state index in [4.69, 9.17) is 4.74 Å². The van der Waals surface area contributed by atoms with Crippen LogP contribution in [0.25, 0.3) is 0 Å². The monoisotopic (exact) mass is 296 g/mol. The summed E-state index contributed by atoms with van der Waals surface area (Å²) >= 11 is 0. The van der Waals surface area contributed by atoms with Crippen LogP contribution in [0, 0.1) is 5.82 Å². The lowest BCUT2D eigenvalue weighted by atomic mass is 9.97. The molecule has 0 spiro atoms. The highest BCUT2D eigenvalue weighted by molar-refractivity contribution is 5.80. The van der Waals surface area contributed by atoms with E-state index in [9.17, 15) is 9.18 Å². The van der Waals surface area contributed by atoms with Crippen LogP contribution in [0.2, 0.25) is 0 Å². The molecule has 5 heteroatoms. The lowest BCUT2D eigenvalue weighted by Crippen LogP contribution is -2.52. The predicted octanol–water partition coefficient (Wildman–Crippen LogP) is 2.58. The minimum atomic E-state index is -0.760. The molecule has 0 aliphatic heterocycles. The lowest BCUT2D eigenvalue weighted by Gasteiger charge is -2.30. The number of rotatable bonds is 8. The average molecular weight is 296 g/mol. The van der Waals surface area contributed by atoms with E-state index in [0.717, 1.165) is 0 Å². The Morgan fingerprint density at radius 2 is 2.05 bits per heavy atom. The van der Waals surface area contributed by atoms with Gasteiger partial charge in [0.05, 0.1) is 12.3 Å². The van der Waals surface area contributed by atoms with Gasteiger partial charge in [-0.2, -0.15) is 0 Å². The highest BCUT2D eigenvalue weighted by Crippen LogP contribution is 2.20. The van der Waals surface area contributed by atoms with Crippen LogP contribution < -0.4 is 10.2 Å². The van der Waals surface area contributed by atoms with Crippen molar-refractivity contribution in [1.29, 1.82) is 0 Å². The first-order valence-electron chi connectivity index (χ1n) is 7.32. The SMILES string of the molecule is CCNC(C)(CCN(C)c1ccccc1F)C(=O)OCC. The Morgan fingerprint density at radius 1 is 1.38 bits per heavy atom. The molecule has 0 aromatic heterocycles. The Kier molecular flexibility index (Phi) is 6.62. The fourth-order valence-electron chi connectivity index (χ4n) is 2.22. The second-order valence-corrected chi connectivity index (χ2v) is 5.21. The summed E-state index contributed by atoms with van der Waals surface area (Å²) < 4.78 is 18.9. The number of likely N-dealkylation sites (N-methyl/N-ethyl adjacent to an activating group) is 1. The first-order chi connectivity index (χ1) is 9.94. The number of ether oxygens (including phenoxy) is 1. The van der Waals surface area contributed by atoms with E-state index in [1.54, 1.807) is 25.1 Å². The molecule has 1 N–H and O–H groups in total. The van der Waals surface area contributed by atoms with Gasteiger partial charge in [-0.05, 0) is 38.9 Å². The molecule has 1 unspecified atom stereocenters. The zero-order chi connectivity index (χ0) is 15.9. The smallest absolute Gasteiger partial charge is 0.326 e. The third-order valence-corrected chi connectivity index (χ3v) is 3.50. The van der Waals surface area contributed by atoms with E-state index in [-0.39, 0.29) is 11.8 Å². The Labute approximate surface area is 126 Å². The topological polar surface area (TPSA) is 41.6 Å². The zero-order valence-corrected chi connectivity index (χ0v) is 13.3. The summed E-state index contributed by atoms with van der Waals surface area (Å²) in [5, 5.41) is 3.17. The minimum absolute atomic E-state index is 0.263. The van der Waals surface area contributed by atoms with Crippen molar-refractivity contribution in [2.24, 2.45) is 0 Å². The molecule has 0 heterocycles. The van der Waals surface area contributed by atoms with Crippen LogP contribution in [-0.4, -0.2) is 38.3 Å². The number of benzene rings is 1. The number of esters is 1. The largest absolute Gasteiger partial charge is 0.465 e. The molecule has 0 saturated heterocycles. The molecule has 1 aromatic carbocycles. The number of anilines is 1. The standard InChI is InChI=1S/C16H25FN2O2/c1-5-18-16(3,15(20)21-6-2)11-12-19(4)14-10-8-7-9-13(14)17/h7-10,18H,5-6,11-12H2,1-4H3. The van der Waals surface area contributed by atoms with E-state index < -0.39 is 5.54 Å². The molecule has 0 amide bonds. The van der Waals surface area contributed by atoms with E-state index in [2.05, 4.69) is 5.32 Å². The van der Waals surface area contributed by atoms with E-state index in [1.807, 2.05) is 25.8 Å². The maximum absolute atomic E-state index is 13.7. The van der Waals surface area contributed by atoms with Crippen LogP contribution >= 0.6 is 0 Å². The van der Waals surface area contributed by atoms with Crippen molar-refractivity contribution in [2.75, 3.05) is 31.6 Å². The number of carbonyl (C=O) groups excluding carboxylic acids is 1. The van der Waals surface area contributed by atoms with Crippen molar-refractivity contribution < 1.29 is 13.9 Å². The van der Waals surface area contributed by atoms with Gasteiger partial charge in [-0.3, -0.25) is 4.79 Å².